The lowest BCUT2D eigenvalue weighted by molar-refractivity contribution is -0.248. The molecule has 7 heteroatoms. The molecule has 4 aliphatic carbocycles. The zero-order chi connectivity index (χ0) is 21.3. The van der Waals surface area contributed by atoms with E-state index in [-0.39, 0.29) is 23.5 Å². The van der Waals surface area contributed by atoms with Gasteiger partial charge in [0.15, 0.2) is 18.4 Å². The van der Waals surface area contributed by atoms with Crippen molar-refractivity contribution in [2.75, 3.05) is 33.2 Å². The van der Waals surface area contributed by atoms with Gasteiger partial charge < -0.3 is 24.1 Å². The van der Waals surface area contributed by atoms with Crippen molar-refractivity contribution in [2.45, 2.75) is 70.4 Å². The largest absolute Gasteiger partial charge is 0.368 e. The zero-order valence-corrected chi connectivity index (χ0v) is 18.9. The summed E-state index contributed by atoms with van der Waals surface area (Å²) in [5.41, 5.74) is 4.41. The van der Waals surface area contributed by atoms with Gasteiger partial charge in [0.25, 0.3) is 0 Å². The van der Waals surface area contributed by atoms with Gasteiger partial charge in [-0.25, -0.2) is 4.84 Å². The standard InChI is InChI=1S/C24H37NO6/c1-21-7-8-23(27-9-10-28-23)14-19(21)20(25-31-15-26)13-16-17(21)3-5-22(2)18(16)4-6-24(22)29-11-12-30-24/h13,16-19,25-26H,3-12,14-15H2,1-2H3/t16-,17+,18+,19?,21-,22+/m1/s1. The van der Waals surface area contributed by atoms with Crippen molar-refractivity contribution >= 4 is 0 Å². The van der Waals surface area contributed by atoms with Crippen molar-refractivity contribution < 1.29 is 28.9 Å². The van der Waals surface area contributed by atoms with Crippen molar-refractivity contribution in [1.29, 1.82) is 0 Å². The van der Waals surface area contributed by atoms with Crippen LogP contribution in [0.5, 0.6) is 0 Å². The molecule has 7 nitrogen and oxygen atoms in total. The average molecular weight is 436 g/mol. The van der Waals surface area contributed by atoms with E-state index in [0.717, 1.165) is 44.2 Å². The van der Waals surface area contributed by atoms with E-state index in [2.05, 4.69) is 25.4 Å². The van der Waals surface area contributed by atoms with Gasteiger partial charge in [0.1, 0.15) is 0 Å². The van der Waals surface area contributed by atoms with Gasteiger partial charge in [-0.1, -0.05) is 19.9 Å². The van der Waals surface area contributed by atoms with Gasteiger partial charge in [-0.15, -0.1) is 0 Å². The number of aliphatic hydroxyl groups is 1. The van der Waals surface area contributed by atoms with Gasteiger partial charge in [0.05, 0.1) is 26.4 Å². The molecule has 2 aliphatic heterocycles. The van der Waals surface area contributed by atoms with Gasteiger partial charge in [0, 0.05) is 36.3 Å². The molecule has 6 rings (SSSR count). The summed E-state index contributed by atoms with van der Waals surface area (Å²) in [6.45, 7) is 7.31. The Kier molecular flexibility index (Phi) is 4.81. The maximum atomic E-state index is 9.33. The predicted molar refractivity (Wildman–Crippen MR) is 111 cm³/mol. The maximum absolute atomic E-state index is 9.33. The van der Waals surface area contributed by atoms with E-state index in [1.165, 1.54) is 6.42 Å². The molecule has 2 heterocycles. The van der Waals surface area contributed by atoms with E-state index >= 15 is 0 Å². The number of allylic oxidation sites excluding steroid dienone is 2. The number of ether oxygens (including phenoxy) is 4. The molecule has 0 amide bonds. The fourth-order valence-corrected chi connectivity index (χ4v) is 8.58. The van der Waals surface area contributed by atoms with Crippen LogP contribution in [0.4, 0.5) is 0 Å². The maximum Gasteiger partial charge on any atom is 0.174 e. The van der Waals surface area contributed by atoms with Gasteiger partial charge in [-0.3, -0.25) is 5.48 Å². The van der Waals surface area contributed by atoms with Crippen LogP contribution < -0.4 is 5.48 Å². The number of nitrogens with one attached hydrogen (secondary N) is 1. The third kappa shape index (κ3) is 2.80. The van der Waals surface area contributed by atoms with Crippen LogP contribution in [0, 0.1) is 34.5 Å². The van der Waals surface area contributed by atoms with Crippen LogP contribution in [0.25, 0.3) is 0 Å². The molecule has 31 heavy (non-hydrogen) atoms. The summed E-state index contributed by atoms with van der Waals surface area (Å²) in [6, 6.07) is 0. The van der Waals surface area contributed by atoms with Crippen LogP contribution in [-0.2, 0) is 23.8 Å². The van der Waals surface area contributed by atoms with Crippen molar-refractivity contribution in [3.8, 4) is 0 Å². The lowest BCUT2D eigenvalue weighted by Crippen LogP contribution is -2.58. The molecule has 2 N–H and O–H groups in total. The molecule has 0 aromatic heterocycles. The molecular formula is C24H37NO6. The van der Waals surface area contributed by atoms with Crippen LogP contribution in [0.15, 0.2) is 11.8 Å². The van der Waals surface area contributed by atoms with Crippen molar-refractivity contribution in [1.82, 2.24) is 5.48 Å². The van der Waals surface area contributed by atoms with E-state index in [9.17, 15) is 5.11 Å². The van der Waals surface area contributed by atoms with Crippen molar-refractivity contribution in [2.24, 2.45) is 34.5 Å². The first-order valence-electron chi connectivity index (χ1n) is 12.2. The fraction of sp³-hybridized carbons (Fsp3) is 0.917. The number of rotatable bonds is 3. The van der Waals surface area contributed by atoms with Crippen LogP contribution in [0.1, 0.15) is 58.8 Å². The lowest BCUT2D eigenvalue weighted by atomic mass is 9.46. The second kappa shape index (κ2) is 7.15. The van der Waals surface area contributed by atoms with E-state index in [1.807, 2.05) is 0 Å². The Morgan fingerprint density at radius 3 is 2.42 bits per heavy atom. The molecular weight excluding hydrogens is 398 g/mol. The van der Waals surface area contributed by atoms with Gasteiger partial charge in [-0.2, -0.15) is 0 Å². The van der Waals surface area contributed by atoms with Crippen molar-refractivity contribution in [3.05, 3.63) is 11.8 Å². The van der Waals surface area contributed by atoms with E-state index in [1.54, 1.807) is 0 Å². The summed E-state index contributed by atoms with van der Waals surface area (Å²) in [7, 11) is 0. The summed E-state index contributed by atoms with van der Waals surface area (Å²) < 4.78 is 24.8. The Labute approximate surface area is 184 Å². The second-order valence-corrected chi connectivity index (χ2v) is 11.1. The minimum Gasteiger partial charge on any atom is -0.368 e. The molecule has 2 spiro atoms. The summed E-state index contributed by atoms with van der Waals surface area (Å²) in [6.07, 6.45) is 9.79. The summed E-state index contributed by atoms with van der Waals surface area (Å²) >= 11 is 0. The number of hydroxylamine groups is 1. The molecule has 174 valence electrons. The second-order valence-electron chi connectivity index (χ2n) is 11.1. The number of hydrogen-bond donors (Lipinski definition) is 2. The number of fused-ring (bicyclic) bond motifs is 6. The first-order chi connectivity index (χ1) is 15.0. The molecule has 0 bridgehead atoms. The summed E-state index contributed by atoms with van der Waals surface area (Å²) in [5.74, 6) is 1.02. The number of aliphatic hydroxyl groups excluding tert-OH is 1. The van der Waals surface area contributed by atoms with Crippen LogP contribution in [0.3, 0.4) is 0 Å². The topological polar surface area (TPSA) is 78.4 Å². The molecule has 6 atom stereocenters. The molecule has 1 unspecified atom stereocenters. The van der Waals surface area contributed by atoms with Gasteiger partial charge in [-0.05, 0) is 48.9 Å². The highest BCUT2D eigenvalue weighted by Crippen LogP contribution is 2.69. The lowest BCUT2D eigenvalue weighted by Gasteiger charge is -2.61. The van der Waals surface area contributed by atoms with Gasteiger partial charge in [0.2, 0.25) is 0 Å². The Bertz CT molecular complexity index is 744. The third-order valence-corrected chi connectivity index (χ3v) is 10.1. The normalized spacial score (nSPS) is 47.1. The Hall–Kier alpha value is -0.700. The highest BCUT2D eigenvalue weighted by Gasteiger charge is 2.68. The molecule has 0 radical (unpaired) electrons. The van der Waals surface area contributed by atoms with Crippen LogP contribution in [-0.4, -0.2) is 49.9 Å². The van der Waals surface area contributed by atoms with E-state index in [4.69, 9.17) is 23.8 Å². The Balaban J connectivity index is 1.37. The highest BCUT2D eigenvalue weighted by molar-refractivity contribution is 5.25. The molecule has 0 aromatic rings. The summed E-state index contributed by atoms with van der Waals surface area (Å²) in [5, 5.41) is 9.33. The third-order valence-electron chi connectivity index (χ3n) is 10.1. The number of hydrogen-bond acceptors (Lipinski definition) is 7. The molecule has 0 aromatic carbocycles. The molecule has 6 aliphatic rings. The first-order valence-corrected chi connectivity index (χ1v) is 12.2. The Morgan fingerprint density at radius 2 is 1.68 bits per heavy atom. The molecule has 5 fully saturated rings. The first kappa shape index (κ1) is 20.9. The smallest absolute Gasteiger partial charge is 0.174 e. The summed E-state index contributed by atoms with van der Waals surface area (Å²) in [4.78, 5) is 5.33. The van der Waals surface area contributed by atoms with Gasteiger partial charge >= 0.3 is 0 Å². The van der Waals surface area contributed by atoms with E-state index < -0.39 is 11.6 Å². The molecule has 2 saturated heterocycles. The van der Waals surface area contributed by atoms with Crippen LogP contribution in [0.2, 0.25) is 0 Å². The quantitative estimate of drug-likeness (QED) is 0.521. The SMILES string of the molecule is C[C@]12CCC3(CC1C(NOCO)=C[C@@H]1[C@@H]2CC[C@@]2(C)[C@H]1CCC21OCCO1)OCCO3. The van der Waals surface area contributed by atoms with Crippen molar-refractivity contribution in [3.63, 3.8) is 0 Å². The average Bonchev–Trinajstić information content (AvgIpc) is 3.49. The predicted octanol–water partition coefficient (Wildman–Crippen LogP) is 3.09. The zero-order valence-electron chi connectivity index (χ0n) is 18.9. The highest BCUT2D eigenvalue weighted by atomic mass is 16.7. The monoisotopic (exact) mass is 435 g/mol. The fourth-order valence-electron chi connectivity index (χ4n) is 8.58. The minimum atomic E-state index is -0.455. The Morgan fingerprint density at radius 1 is 0.968 bits per heavy atom. The van der Waals surface area contributed by atoms with Crippen LogP contribution >= 0.6 is 0 Å². The van der Waals surface area contributed by atoms with E-state index in [0.29, 0.717) is 44.2 Å². The molecule has 3 saturated carbocycles. The minimum absolute atomic E-state index is 0.0425.